The molecule has 1 aromatic heterocycles. The van der Waals surface area contributed by atoms with Gasteiger partial charge in [0.15, 0.2) is 11.5 Å². The van der Waals surface area contributed by atoms with Crippen molar-refractivity contribution < 1.29 is 23.8 Å². The van der Waals surface area contributed by atoms with Gasteiger partial charge in [-0.15, -0.1) is 11.3 Å². The number of methoxy groups -OCH3 is 1. The van der Waals surface area contributed by atoms with Crippen molar-refractivity contribution in [1.29, 1.82) is 0 Å². The average Bonchev–Trinajstić information content (AvgIpc) is 3.54. The van der Waals surface area contributed by atoms with Crippen LogP contribution in [0.5, 0.6) is 11.5 Å². The van der Waals surface area contributed by atoms with Gasteiger partial charge in [0.1, 0.15) is 6.54 Å². The number of aryl methyl sites for hydroxylation is 1. The largest absolute Gasteiger partial charge is 0.454 e. The molecule has 9 heteroatoms. The Balaban J connectivity index is 1.48. The molecule has 0 spiro atoms. The summed E-state index contributed by atoms with van der Waals surface area (Å²) in [6.45, 7) is 3.54. The molecule has 0 saturated heterocycles. The van der Waals surface area contributed by atoms with Gasteiger partial charge in [0.25, 0.3) is 0 Å². The van der Waals surface area contributed by atoms with Crippen molar-refractivity contribution in [3.8, 4) is 11.5 Å². The van der Waals surface area contributed by atoms with Crippen molar-refractivity contribution in [2.75, 3.05) is 38.9 Å². The molecular weight excluding hydrogens is 466 g/mol. The Bertz CT molecular complexity index is 1130. The molecule has 3 amide bonds. The lowest BCUT2D eigenvalue weighted by atomic mass is 10.2. The second-order valence-electron chi connectivity index (χ2n) is 8.23. The molecule has 1 aliphatic rings. The van der Waals surface area contributed by atoms with Crippen LogP contribution in [0, 0.1) is 6.92 Å². The fraction of sp³-hybridized carbons (Fsp3) is 0.308. The molecule has 0 atom stereocenters. The first-order chi connectivity index (χ1) is 17.0. The molecule has 35 heavy (non-hydrogen) atoms. The van der Waals surface area contributed by atoms with E-state index in [0.717, 1.165) is 16.0 Å². The van der Waals surface area contributed by atoms with Crippen molar-refractivity contribution in [2.24, 2.45) is 0 Å². The van der Waals surface area contributed by atoms with E-state index in [1.165, 1.54) is 4.90 Å². The fourth-order valence-electron chi connectivity index (χ4n) is 3.64. The van der Waals surface area contributed by atoms with E-state index >= 15 is 0 Å². The van der Waals surface area contributed by atoms with Crippen LogP contribution < -0.4 is 14.8 Å². The van der Waals surface area contributed by atoms with E-state index in [4.69, 9.17) is 14.2 Å². The molecule has 0 fully saturated rings. The quantitative estimate of drug-likeness (QED) is 0.448. The van der Waals surface area contributed by atoms with Gasteiger partial charge in [-0.05, 0) is 48.2 Å². The van der Waals surface area contributed by atoms with Crippen LogP contribution in [-0.4, -0.2) is 55.3 Å². The molecule has 0 saturated carbocycles. The number of nitrogens with zero attached hydrogens (tertiary/aromatic N) is 2. The zero-order chi connectivity index (χ0) is 24.6. The number of thiophene rings is 1. The van der Waals surface area contributed by atoms with Gasteiger partial charge in [-0.3, -0.25) is 4.79 Å². The van der Waals surface area contributed by atoms with Gasteiger partial charge in [-0.1, -0.05) is 29.8 Å². The third-order valence-corrected chi connectivity index (χ3v) is 6.43. The second-order valence-corrected chi connectivity index (χ2v) is 9.26. The second kappa shape index (κ2) is 11.7. The third-order valence-electron chi connectivity index (χ3n) is 5.57. The number of benzene rings is 2. The first-order valence-corrected chi connectivity index (χ1v) is 12.2. The summed E-state index contributed by atoms with van der Waals surface area (Å²) in [5.41, 5.74) is 2.69. The monoisotopic (exact) mass is 495 g/mol. The van der Waals surface area contributed by atoms with Crippen LogP contribution in [0.4, 0.5) is 10.5 Å². The van der Waals surface area contributed by atoms with Crippen LogP contribution in [0.2, 0.25) is 0 Å². The summed E-state index contributed by atoms with van der Waals surface area (Å²) in [4.78, 5) is 30.8. The van der Waals surface area contributed by atoms with E-state index in [2.05, 4.69) is 5.32 Å². The number of urea groups is 1. The number of anilines is 1. The van der Waals surface area contributed by atoms with E-state index in [0.29, 0.717) is 36.9 Å². The summed E-state index contributed by atoms with van der Waals surface area (Å²) in [6, 6.07) is 16.8. The zero-order valence-corrected chi connectivity index (χ0v) is 20.7. The van der Waals surface area contributed by atoms with Gasteiger partial charge < -0.3 is 29.3 Å². The Morgan fingerprint density at radius 2 is 1.83 bits per heavy atom. The normalized spacial score (nSPS) is 11.8. The van der Waals surface area contributed by atoms with Crippen molar-refractivity contribution in [2.45, 2.75) is 20.0 Å². The lowest BCUT2D eigenvalue weighted by molar-refractivity contribution is -0.133. The highest BCUT2D eigenvalue weighted by atomic mass is 32.1. The van der Waals surface area contributed by atoms with Crippen molar-refractivity contribution in [1.82, 2.24) is 9.80 Å². The third kappa shape index (κ3) is 6.74. The Kier molecular flexibility index (Phi) is 8.23. The molecule has 2 aromatic carbocycles. The predicted octanol–water partition coefficient (Wildman–Crippen LogP) is 4.49. The summed E-state index contributed by atoms with van der Waals surface area (Å²) >= 11 is 1.59. The lowest BCUT2D eigenvalue weighted by Crippen LogP contribution is -2.45. The van der Waals surface area contributed by atoms with E-state index in [-0.39, 0.29) is 31.8 Å². The number of fused-ring (bicyclic) bond motifs is 1. The van der Waals surface area contributed by atoms with Crippen molar-refractivity contribution in [3.63, 3.8) is 0 Å². The van der Waals surface area contributed by atoms with Crippen LogP contribution in [0.3, 0.4) is 0 Å². The molecule has 0 unspecified atom stereocenters. The SMILES string of the molecule is COCCN(CC(=O)N(Cc1ccc2c(c1)OCO2)Cc1cccs1)C(=O)Nc1ccc(C)cc1. The van der Waals surface area contributed by atoms with E-state index in [9.17, 15) is 9.59 Å². The first-order valence-electron chi connectivity index (χ1n) is 11.3. The smallest absolute Gasteiger partial charge is 0.322 e. The van der Waals surface area contributed by atoms with Gasteiger partial charge in [0.05, 0.1) is 13.2 Å². The topological polar surface area (TPSA) is 80.3 Å². The molecule has 8 nitrogen and oxygen atoms in total. The lowest BCUT2D eigenvalue weighted by Gasteiger charge is -2.28. The molecule has 2 heterocycles. The zero-order valence-electron chi connectivity index (χ0n) is 19.9. The Labute approximate surface area is 209 Å². The minimum absolute atomic E-state index is 0.0724. The number of carbonyl (C=O) groups excluding carboxylic acids is 2. The summed E-state index contributed by atoms with van der Waals surface area (Å²) < 4.78 is 16.1. The first kappa shape index (κ1) is 24.6. The molecular formula is C26H29N3O5S. The average molecular weight is 496 g/mol. The highest BCUT2D eigenvalue weighted by Gasteiger charge is 2.23. The summed E-state index contributed by atoms with van der Waals surface area (Å²) in [7, 11) is 1.57. The minimum Gasteiger partial charge on any atom is -0.454 e. The van der Waals surface area contributed by atoms with Gasteiger partial charge in [0.2, 0.25) is 12.7 Å². The number of amides is 3. The van der Waals surface area contributed by atoms with Gasteiger partial charge >= 0.3 is 6.03 Å². The van der Waals surface area contributed by atoms with Crippen LogP contribution in [0.15, 0.2) is 60.0 Å². The van der Waals surface area contributed by atoms with Crippen LogP contribution in [0.25, 0.3) is 0 Å². The molecule has 0 aliphatic carbocycles. The van der Waals surface area contributed by atoms with E-state index in [1.54, 1.807) is 23.3 Å². The maximum atomic E-state index is 13.5. The number of nitrogens with one attached hydrogen (secondary N) is 1. The molecule has 0 radical (unpaired) electrons. The number of rotatable bonds is 10. The number of hydrogen-bond donors (Lipinski definition) is 1. The van der Waals surface area contributed by atoms with Gasteiger partial charge in [-0.2, -0.15) is 0 Å². The standard InChI is InChI=1S/C26H29N3O5S/c1-19-5-8-21(9-6-19)27-26(31)28(11-12-32-2)17-25(30)29(16-22-4-3-13-35-22)15-20-7-10-23-24(14-20)34-18-33-23/h3-10,13-14H,11-12,15-18H2,1-2H3,(H,27,31). The summed E-state index contributed by atoms with van der Waals surface area (Å²) in [5, 5.41) is 4.86. The Morgan fingerprint density at radius 1 is 1.03 bits per heavy atom. The van der Waals surface area contributed by atoms with Crippen LogP contribution in [0.1, 0.15) is 16.0 Å². The van der Waals surface area contributed by atoms with Crippen molar-refractivity contribution >= 4 is 29.0 Å². The Morgan fingerprint density at radius 3 is 2.57 bits per heavy atom. The van der Waals surface area contributed by atoms with Gasteiger partial charge in [0, 0.05) is 30.8 Å². The molecule has 0 bridgehead atoms. The van der Waals surface area contributed by atoms with Crippen LogP contribution in [-0.2, 0) is 22.6 Å². The molecule has 184 valence electrons. The number of carbonyl (C=O) groups is 2. The maximum Gasteiger partial charge on any atom is 0.322 e. The molecule has 4 rings (SSSR count). The minimum atomic E-state index is -0.349. The molecule has 1 N–H and O–H groups in total. The van der Waals surface area contributed by atoms with Crippen molar-refractivity contribution in [3.05, 3.63) is 76.0 Å². The molecule has 3 aromatic rings. The predicted molar refractivity (Wildman–Crippen MR) is 135 cm³/mol. The fourth-order valence-corrected chi connectivity index (χ4v) is 4.36. The summed E-state index contributed by atoms with van der Waals surface area (Å²) in [5.74, 6) is 1.21. The van der Waals surface area contributed by atoms with E-state index < -0.39 is 0 Å². The van der Waals surface area contributed by atoms with Gasteiger partial charge in [-0.25, -0.2) is 4.79 Å². The van der Waals surface area contributed by atoms with E-state index in [1.807, 2.05) is 66.9 Å². The maximum absolute atomic E-state index is 13.5. The number of hydrogen-bond acceptors (Lipinski definition) is 6. The Hall–Kier alpha value is -3.56. The molecule has 1 aliphatic heterocycles. The van der Waals surface area contributed by atoms with Crippen LogP contribution >= 0.6 is 11.3 Å². The number of ether oxygens (including phenoxy) is 3. The highest BCUT2D eigenvalue weighted by molar-refractivity contribution is 7.09. The summed E-state index contributed by atoms with van der Waals surface area (Å²) in [6.07, 6.45) is 0. The highest BCUT2D eigenvalue weighted by Crippen LogP contribution is 2.33.